The van der Waals surface area contributed by atoms with Crippen molar-refractivity contribution in [1.82, 2.24) is 0 Å². The van der Waals surface area contributed by atoms with Crippen LogP contribution in [0, 0.1) is 0 Å². The molecule has 9 heteroatoms. The van der Waals surface area contributed by atoms with Crippen molar-refractivity contribution in [3.05, 3.63) is 122 Å². The summed E-state index contributed by atoms with van der Waals surface area (Å²) in [6, 6.07) is 0. The predicted octanol–water partition coefficient (Wildman–Crippen LogP) is 13.6. The molecule has 0 spiro atoms. The van der Waals surface area contributed by atoms with Crippen LogP contribution in [-0.2, 0) is 32.7 Å². The van der Waals surface area contributed by atoms with Crippen LogP contribution in [0.15, 0.2) is 122 Å². The molecule has 0 rings (SSSR count). The number of ether oxygens (including phenoxy) is 2. The average molecular weight is 811 g/mol. The third-order valence-electron chi connectivity index (χ3n) is 8.21. The van der Waals surface area contributed by atoms with Crippen molar-refractivity contribution in [3.63, 3.8) is 0 Å². The summed E-state index contributed by atoms with van der Waals surface area (Å²) >= 11 is 0. The number of carbonyl (C=O) groups is 2. The molecule has 0 radical (unpaired) electrons. The topological polar surface area (TPSA) is 108 Å². The molecule has 0 bridgehead atoms. The lowest BCUT2D eigenvalue weighted by Gasteiger charge is -2.19. The van der Waals surface area contributed by atoms with Crippen molar-refractivity contribution in [3.8, 4) is 0 Å². The molecular formula is C48H75O8P. The summed E-state index contributed by atoms with van der Waals surface area (Å²) < 4.78 is 31.9. The highest BCUT2D eigenvalue weighted by Gasteiger charge is 2.24. The molecule has 2 atom stereocenters. The lowest BCUT2D eigenvalue weighted by molar-refractivity contribution is -0.161. The highest BCUT2D eigenvalue weighted by molar-refractivity contribution is 7.47. The van der Waals surface area contributed by atoms with Gasteiger partial charge in [-0.05, 0) is 89.9 Å². The van der Waals surface area contributed by atoms with Gasteiger partial charge in [-0.1, -0.05) is 161 Å². The van der Waals surface area contributed by atoms with Crippen molar-refractivity contribution < 1.29 is 37.6 Å². The summed E-state index contributed by atoms with van der Waals surface area (Å²) in [5.74, 6) is -0.932. The molecule has 0 aromatic rings. The van der Waals surface area contributed by atoms with Crippen LogP contribution in [-0.4, -0.2) is 43.3 Å². The normalized spacial score (nSPS) is 14.5. The molecule has 2 unspecified atom stereocenters. The van der Waals surface area contributed by atoms with Gasteiger partial charge in [-0.15, -0.1) is 0 Å². The Hall–Kier alpha value is -3.55. The van der Waals surface area contributed by atoms with Crippen LogP contribution in [0.2, 0.25) is 0 Å². The van der Waals surface area contributed by atoms with E-state index in [-0.39, 0.29) is 19.4 Å². The van der Waals surface area contributed by atoms with Crippen molar-refractivity contribution in [2.75, 3.05) is 20.3 Å². The fourth-order valence-corrected chi connectivity index (χ4v) is 5.49. The van der Waals surface area contributed by atoms with E-state index in [1.807, 2.05) is 12.2 Å². The standard InChI is InChI=1S/C48H75O8P/c1-4-6-8-10-12-14-16-18-20-22-24-26-28-30-32-34-36-38-40-42-47(49)54-44-46(45-55-57(51,52)53-3)56-48(50)43-41-39-37-35-33-31-29-27-25-23-21-19-17-15-13-11-9-7-5-2/h6-9,12-15,18-21,24-27,31,33,37,39,46H,4-5,10-11,16-17,22-23,28-30,32,34-36,38,40-45H2,1-3H3,(H,51,52)/b8-6-,9-7-,14-12-,15-13-,20-18-,21-19-,26-24-,27-25-,33-31-,39-37-. The van der Waals surface area contributed by atoms with E-state index in [9.17, 15) is 19.0 Å². The Morgan fingerprint density at radius 3 is 1.32 bits per heavy atom. The van der Waals surface area contributed by atoms with Crippen LogP contribution >= 0.6 is 7.82 Å². The molecule has 0 fully saturated rings. The summed E-state index contributed by atoms with van der Waals surface area (Å²) in [7, 11) is -3.25. The summed E-state index contributed by atoms with van der Waals surface area (Å²) in [6.07, 6.45) is 59.8. The maximum absolute atomic E-state index is 12.5. The van der Waals surface area contributed by atoms with Crippen LogP contribution in [0.4, 0.5) is 0 Å². The Labute approximate surface area is 346 Å². The molecule has 0 aromatic carbocycles. The molecule has 0 aliphatic rings. The number of hydrogen-bond acceptors (Lipinski definition) is 7. The number of rotatable bonds is 37. The van der Waals surface area contributed by atoms with Gasteiger partial charge in [0.05, 0.1) is 6.61 Å². The van der Waals surface area contributed by atoms with E-state index >= 15 is 0 Å². The van der Waals surface area contributed by atoms with E-state index in [1.54, 1.807) is 0 Å². The minimum absolute atomic E-state index is 0.108. The first-order valence-electron chi connectivity index (χ1n) is 21.2. The maximum Gasteiger partial charge on any atom is 0.472 e. The van der Waals surface area contributed by atoms with Crippen LogP contribution in [0.25, 0.3) is 0 Å². The molecule has 0 heterocycles. The number of allylic oxidation sites excluding steroid dienone is 20. The van der Waals surface area contributed by atoms with Gasteiger partial charge in [0.15, 0.2) is 6.10 Å². The van der Waals surface area contributed by atoms with E-state index in [4.69, 9.17) is 14.0 Å². The second kappa shape index (κ2) is 42.1. The Balaban J connectivity index is 4.19. The van der Waals surface area contributed by atoms with Crippen molar-refractivity contribution >= 4 is 19.8 Å². The van der Waals surface area contributed by atoms with Gasteiger partial charge < -0.3 is 14.4 Å². The molecule has 0 aliphatic heterocycles. The Kier molecular flexibility index (Phi) is 39.4. The minimum atomic E-state index is -4.30. The average Bonchev–Trinajstić information content (AvgIpc) is 3.20. The van der Waals surface area contributed by atoms with Gasteiger partial charge in [-0.3, -0.25) is 18.6 Å². The molecule has 0 saturated heterocycles. The Morgan fingerprint density at radius 2 is 0.877 bits per heavy atom. The third-order valence-corrected chi connectivity index (χ3v) is 9.15. The SMILES string of the molecule is CC/C=C\C/C=C\C/C=C\C/C=C\C/C=C\C/C=C\CCC(=O)OC(COC(=O)CCCCCCCC/C=C\C/C=C\C/C=C\C/C=C\CC)COP(=O)(O)OC. The van der Waals surface area contributed by atoms with E-state index in [0.717, 1.165) is 110 Å². The molecule has 1 N–H and O–H groups in total. The van der Waals surface area contributed by atoms with Gasteiger partial charge >= 0.3 is 19.8 Å². The number of hydrogen-bond donors (Lipinski definition) is 1. The van der Waals surface area contributed by atoms with Crippen molar-refractivity contribution in [2.24, 2.45) is 0 Å². The van der Waals surface area contributed by atoms with Gasteiger partial charge in [0, 0.05) is 20.0 Å². The quantitative estimate of drug-likeness (QED) is 0.0286. The number of unbranched alkanes of at least 4 members (excludes halogenated alkanes) is 6. The Morgan fingerprint density at radius 1 is 0.491 bits per heavy atom. The lowest BCUT2D eigenvalue weighted by atomic mass is 10.1. The molecule has 0 amide bonds. The molecule has 0 saturated carbocycles. The van der Waals surface area contributed by atoms with Crippen LogP contribution < -0.4 is 0 Å². The highest BCUT2D eigenvalue weighted by Crippen LogP contribution is 2.42. The molecular weight excluding hydrogens is 735 g/mol. The van der Waals surface area contributed by atoms with Crippen LogP contribution in [0.1, 0.15) is 142 Å². The Bertz CT molecular complexity index is 1330. The summed E-state index contributed by atoms with van der Waals surface area (Å²) in [5.41, 5.74) is 0. The molecule has 0 aromatic heterocycles. The van der Waals surface area contributed by atoms with E-state index in [2.05, 4.69) is 128 Å². The number of carbonyl (C=O) groups excluding carboxylic acids is 2. The number of phosphoric ester groups is 1. The molecule has 320 valence electrons. The maximum atomic E-state index is 12.5. The second-order valence-electron chi connectivity index (χ2n) is 13.4. The zero-order valence-electron chi connectivity index (χ0n) is 35.4. The minimum Gasteiger partial charge on any atom is -0.462 e. The fourth-order valence-electron chi connectivity index (χ4n) is 5.03. The first kappa shape index (κ1) is 53.5. The smallest absolute Gasteiger partial charge is 0.462 e. The predicted molar refractivity (Wildman–Crippen MR) is 239 cm³/mol. The van der Waals surface area contributed by atoms with Crippen LogP contribution in [0.5, 0.6) is 0 Å². The fraction of sp³-hybridized carbons (Fsp3) is 0.542. The van der Waals surface area contributed by atoms with Gasteiger partial charge in [0.2, 0.25) is 0 Å². The summed E-state index contributed by atoms with van der Waals surface area (Å²) in [5, 5.41) is 0. The van der Waals surface area contributed by atoms with E-state index in [0.29, 0.717) is 12.8 Å². The summed E-state index contributed by atoms with van der Waals surface area (Å²) in [4.78, 5) is 34.5. The van der Waals surface area contributed by atoms with Gasteiger partial charge in [-0.25, -0.2) is 4.57 Å². The van der Waals surface area contributed by atoms with Gasteiger partial charge in [0.1, 0.15) is 6.61 Å². The first-order valence-corrected chi connectivity index (χ1v) is 22.7. The highest BCUT2D eigenvalue weighted by atomic mass is 31.2. The molecule has 0 aliphatic carbocycles. The van der Waals surface area contributed by atoms with Crippen LogP contribution in [0.3, 0.4) is 0 Å². The second-order valence-corrected chi connectivity index (χ2v) is 14.9. The first-order chi connectivity index (χ1) is 27.8. The summed E-state index contributed by atoms with van der Waals surface area (Å²) in [6.45, 7) is 3.57. The van der Waals surface area contributed by atoms with Crippen molar-refractivity contribution in [2.45, 2.75) is 148 Å². The van der Waals surface area contributed by atoms with E-state index in [1.165, 1.54) is 0 Å². The molecule has 8 nitrogen and oxygen atoms in total. The molecule has 57 heavy (non-hydrogen) atoms. The zero-order chi connectivity index (χ0) is 41.8. The van der Waals surface area contributed by atoms with Gasteiger partial charge in [0.25, 0.3) is 0 Å². The zero-order valence-corrected chi connectivity index (χ0v) is 36.3. The lowest BCUT2D eigenvalue weighted by Crippen LogP contribution is -2.29. The third kappa shape index (κ3) is 41.9. The largest absolute Gasteiger partial charge is 0.472 e. The van der Waals surface area contributed by atoms with Gasteiger partial charge in [-0.2, -0.15) is 0 Å². The number of phosphoric acid groups is 1. The monoisotopic (exact) mass is 811 g/mol. The van der Waals surface area contributed by atoms with E-state index < -0.39 is 32.5 Å². The number of esters is 2. The van der Waals surface area contributed by atoms with Crippen molar-refractivity contribution in [1.29, 1.82) is 0 Å².